The summed E-state index contributed by atoms with van der Waals surface area (Å²) in [6.07, 6.45) is 0. The second kappa shape index (κ2) is 5.54. The Balaban J connectivity index is 3.47. The molecular formula is C7H19N3O2S. The fourth-order valence-corrected chi connectivity index (χ4v) is 1.14. The maximum Gasteiger partial charge on any atom is 0.210 e. The molecular weight excluding hydrogens is 190 g/mol. The predicted octanol–water partition coefficient (Wildman–Crippen LogP) is -1.19. The molecule has 0 heterocycles. The molecule has 5 nitrogen and oxygen atoms in total. The highest BCUT2D eigenvalue weighted by molar-refractivity contribution is 7.89. The van der Waals surface area contributed by atoms with E-state index in [0.717, 1.165) is 6.54 Å². The van der Waals surface area contributed by atoms with Crippen molar-refractivity contribution < 1.29 is 8.42 Å². The van der Waals surface area contributed by atoms with Gasteiger partial charge in [-0.05, 0) is 21.0 Å². The Bertz CT molecular complexity index is 226. The van der Waals surface area contributed by atoms with Gasteiger partial charge >= 0.3 is 0 Å². The number of hydrogen-bond donors (Lipinski definition) is 2. The summed E-state index contributed by atoms with van der Waals surface area (Å²) in [7, 11) is 0.638. The highest BCUT2D eigenvalue weighted by Crippen LogP contribution is 1.87. The lowest BCUT2D eigenvalue weighted by molar-refractivity contribution is 0.305. The highest BCUT2D eigenvalue weighted by atomic mass is 32.2. The number of primary sulfonamides is 1. The van der Waals surface area contributed by atoms with E-state index in [9.17, 15) is 8.42 Å². The van der Waals surface area contributed by atoms with Crippen molar-refractivity contribution in [3.8, 4) is 0 Å². The van der Waals surface area contributed by atoms with Crippen LogP contribution in [0.25, 0.3) is 0 Å². The zero-order chi connectivity index (χ0) is 10.5. The molecule has 0 fully saturated rings. The van der Waals surface area contributed by atoms with Crippen LogP contribution < -0.4 is 10.5 Å². The topological polar surface area (TPSA) is 75.4 Å². The van der Waals surface area contributed by atoms with E-state index in [4.69, 9.17) is 5.14 Å². The summed E-state index contributed by atoms with van der Waals surface area (Å²) < 4.78 is 21.1. The fraction of sp³-hybridized carbons (Fsp3) is 1.00. The molecule has 3 N–H and O–H groups in total. The van der Waals surface area contributed by atoms with Gasteiger partial charge in [-0.2, -0.15) is 0 Å². The molecule has 0 saturated carbocycles. The molecule has 0 aromatic heterocycles. The summed E-state index contributed by atoms with van der Waals surface area (Å²) in [5.74, 6) is -0.00680. The number of nitrogens with two attached hydrogens (primary N) is 1. The van der Waals surface area contributed by atoms with Crippen LogP contribution in [0.15, 0.2) is 0 Å². The van der Waals surface area contributed by atoms with Crippen molar-refractivity contribution in [1.82, 2.24) is 10.2 Å². The van der Waals surface area contributed by atoms with Crippen molar-refractivity contribution in [3.05, 3.63) is 0 Å². The SMILES string of the molecule is CC(CNCCS(N)(=O)=O)N(C)C. The van der Waals surface area contributed by atoms with Gasteiger partial charge in [0.15, 0.2) is 0 Å². The molecule has 0 aliphatic rings. The van der Waals surface area contributed by atoms with E-state index in [-0.39, 0.29) is 5.75 Å². The first-order valence-corrected chi connectivity index (χ1v) is 5.92. The van der Waals surface area contributed by atoms with E-state index in [0.29, 0.717) is 12.6 Å². The van der Waals surface area contributed by atoms with E-state index in [1.165, 1.54) is 0 Å². The zero-order valence-corrected chi connectivity index (χ0v) is 9.26. The minimum Gasteiger partial charge on any atom is -0.314 e. The van der Waals surface area contributed by atoms with Gasteiger partial charge in [0.2, 0.25) is 10.0 Å². The number of sulfonamides is 1. The molecule has 6 heteroatoms. The van der Waals surface area contributed by atoms with Gasteiger partial charge in [-0.1, -0.05) is 0 Å². The van der Waals surface area contributed by atoms with E-state index >= 15 is 0 Å². The maximum absolute atomic E-state index is 10.5. The molecule has 80 valence electrons. The normalized spacial score (nSPS) is 14.8. The summed E-state index contributed by atoms with van der Waals surface area (Å²) >= 11 is 0. The zero-order valence-electron chi connectivity index (χ0n) is 8.45. The first-order valence-electron chi connectivity index (χ1n) is 4.20. The molecule has 0 saturated heterocycles. The van der Waals surface area contributed by atoms with Gasteiger partial charge < -0.3 is 10.2 Å². The molecule has 13 heavy (non-hydrogen) atoms. The van der Waals surface area contributed by atoms with E-state index in [2.05, 4.69) is 17.1 Å². The van der Waals surface area contributed by atoms with Crippen LogP contribution >= 0.6 is 0 Å². The molecule has 0 rings (SSSR count). The van der Waals surface area contributed by atoms with Crippen LogP contribution in [0.5, 0.6) is 0 Å². The maximum atomic E-state index is 10.5. The molecule has 0 aliphatic carbocycles. The third-order valence-electron chi connectivity index (χ3n) is 1.88. The molecule has 0 bridgehead atoms. The average molecular weight is 209 g/mol. The summed E-state index contributed by atoms with van der Waals surface area (Å²) in [6, 6.07) is 0.389. The Morgan fingerprint density at radius 1 is 1.46 bits per heavy atom. The Morgan fingerprint density at radius 3 is 2.38 bits per heavy atom. The van der Waals surface area contributed by atoms with Gasteiger partial charge in [0.25, 0.3) is 0 Å². The third kappa shape index (κ3) is 8.17. The Labute approximate surface area is 80.3 Å². The average Bonchev–Trinajstić information content (AvgIpc) is 1.95. The molecule has 0 aliphatic heterocycles. The lowest BCUT2D eigenvalue weighted by Crippen LogP contribution is -2.37. The number of nitrogens with one attached hydrogen (secondary N) is 1. The fourth-order valence-electron chi connectivity index (χ4n) is 0.708. The van der Waals surface area contributed by atoms with Crippen LogP contribution in [0.4, 0.5) is 0 Å². The lowest BCUT2D eigenvalue weighted by atomic mass is 10.3. The summed E-state index contributed by atoms with van der Waals surface area (Å²) in [5, 5.41) is 7.86. The minimum atomic E-state index is -3.32. The smallest absolute Gasteiger partial charge is 0.210 e. The first-order chi connectivity index (χ1) is 5.83. The third-order valence-corrected chi connectivity index (χ3v) is 2.66. The Morgan fingerprint density at radius 2 is 2.00 bits per heavy atom. The van der Waals surface area contributed by atoms with Crippen molar-refractivity contribution in [2.45, 2.75) is 13.0 Å². The van der Waals surface area contributed by atoms with Crippen LogP contribution in [0.1, 0.15) is 6.92 Å². The van der Waals surface area contributed by atoms with Crippen molar-refractivity contribution >= 4 is 10.0 Å². The van der Waals surface area contributed by atoms with Gasteiger partial charge in [0.05, 0.1) is 5.75 Å². The Hall–Kier alpha value is -0.170. The first kappa shape index (κ1) is 12.8. The number of rotatable bonds is 6. The van der Waals surface area contributed by atoms with Crippen molar-refractivity contribution in [2.24, 2.45) is 5.14 Å². The van der Waals surface area contributed by atoms with Gasteiger partial charge in [0.1, 0.15) is 0 Å². The number of hydrogen-bond acceptors (Lipinski definition) is 4. The molecule has 0 amide bonds. The lowest BCUT2D eigenvalue weighted by Gasteiger charge is -2.19. The summed E-state index contributed by atoms with van der Waals surface area (Å²) in [5.41, 5.74) is 0. The minimum absolute atomic E-state index is 0.00680. The van der Waals surface area contributed by atoms with E-state index in [1.54, 1.807) is 0 Å². The summed E-state index contributed by atoms with van der Waals surface area (Å²) in [4.78, 5) is 2.06. The van der Waals surface area contributed by atoms with Crippen LogP contribution in [-0.4, -0.2) is 52.3 Å². The van der Waals surface area contributed by atoms with Crippen molar-refractivity contribution in [1.29, 1.82) is 0 Å². The van der Waals surface area contributed by atoms with Gasteiger partial charge in [0, 0.05) is 19.1 Å². The van der Waals surface area contributed by atoms with Crippen molar-refractivity contribution in [2.75, 3.05) is 32.9 Å². The standard InChI is InChI=1S/C7H19N3O2S/c1-7(10(2)3)6-9-4-5-13(8,11)12/h7,9H,4-6H2,1-3H3,(H2,8,11,12). The second-order valence-corrected chi connectivity index (χ2v) is 5.12. The second-order valence-electron chi connectivity index (χ2n) is 3.38. The molecule has 1 atom stereocenters. The van der Waals surface area contributed by atoms with Crippen LogP contribution in [-0.2, 0) is 10.0 Å². The molecule has 0 aromatic carbocycles. The van der Waals surface area contributed by atoms with Crippen LogP contribution in [0.3, 0.4) is 0 Å². The summed E-state index contributed by atoms with van der Waals surface area (Å²) in [6.45, 7) is 3.24. The van der Waals surface area contributed by atoms with Crippen molar-refractivity contribution in [3.63, 3.8) is 0 Å². The van der Waals surface area contributed by atoms with Gasteiger partial charge in [-0.3, -0.25) is 0 Å². The van der Waals surface area contributed by atoms with Gasteiger partial charge in [-0.15, -0.1) is 0 Å². The van der Waals surface area contributed by atoms with Crippen LogP contribution in [0, 0.1) is 0 Å². The molecule has 0 spiro atoms. The number of nitrogens with zero attached hydrogens (tertiary/aromatic N) is 1. The predicted molar refractivity (Wildman–Crippen MR) is 54.0 cm³/mol. The highest BCUT2D eigenvalue weighted by Gasteiger charge is 2.05. The Kier molecular flexibility index (Phi) is 5.46. The monoisotopic (exact) mass is 209 g/mol. The molecule has 1 unspecified atom stereocenters. The van der Waals surface area contributed by atoms with E-state index in [1.807, 2.05) is 14.1 Å². The quantitative estimate of drug-likeness (QED) is 0.540. The van der Waals surface area contributed by atoms with Crippen LogP contribution in [0.2, 0.25) is 0 Å². The van der Waals surface area contributed by atoms with E-state index < -0.39 is 10.0 Å². The number of likely N-dealkylation sites (N-methyl/N-ethyl adjacent to an activating group) is 1. The van der Waals surface area contributed by atoms with Gasteiger partial charge in [-0.25, -0.2) is 13.6 Å². The molecule has 0 aromatic rings. The largest absolute Gasteiger partial charge is 0.314 e. The molecule has 0 radical (unpaired) electrons.